The number of phenols is 1. The van der Waals surface area contributed by atoms with Crippen molar-refractivity contribution in [1.82, 2.24) is 10.2 Å². The lowest BCUT2D eigenvalue weighted by Gasteiger charge is -2.33. The molecule has 0 radical (unpaired) electrons. The second kappa shape index (κ2) is 12.0. The Morgan fingerprint density at radius 2 is 1.86 bits per heavy atom. The highest BCUT2D eigenvalue weighted by Gasteiger charge is 2.27. The van der Waals surface area contributed by atoms with Gasteiger partial charge in [-0.15, -0.1) is 0 Å². The quantitative estimate of drug-likeness (QED) is 0.505. The molecule has 158 valence electrons. The lowest BCUT2D eigenvalue weighted by Crippen LogP contribution is -2.50. The summed E-state index contributed by atoms with van der Waals surface area (Å²) in [7, 11) is 0. The molecule has 1 aliphatic heterocycles. The summed E-state index contributed by atoms with van der Waals surface area (Å²) in [5.74, 6) is 0.0778. The van der Waals surface area contributed by atoms with Gasteiger partial charge in [0.25, 0.3) is 0 Å². The number of ether oxygens (including phenoxy) is 1. The normalized spacial score (nSPS) is 18.4. The van der Waals surface area contributed by atoms with E-state index in [1.807, 2.05) is 6.92 Å². The minimum Gasteiger partial charge on any atom is -0.508 e. The average Bonchev–Trinajstić information content (AvgIpc) is 2.71. The molecule has 0 saturated carbocycles. The van der Waals surface area contributed by atoms with Crippen molar-refractivity contribution in [3.63, 3.8) is 0 Å². The van der Waals surface area contributed by atoms with Crippen LogP contribution in [0.3, 0.4) is 0 Å². The van der Waals surface area contributed by atoms with E-state index in [2.05, 4.69) is 17.1 Å². The Hall–Kier alpha value is -1.63. The fourth-order valence-corrected chi connectivity index (χ4v) is 3.52. The van der Waals surface area contributed by atoms with Crippen LogP contribution < -0.4 is 5.32 Å². The van der Waals surface area contributed by atoms with Crippen molar-refractivity contribution >= 4 is 5.91 Å². The Morgan fingerprint density at radius 1 is 1.18 bits per heavy atom. The third kappa shape index (κ3) is 7.41. The topological polar surface area (TPSA) is 82.0 Å². The molecule has 3 atom stereocenters. The van der Waals surface area contributed by atoms with Gasteiger partial charge in [-0.1, -0.05) is 51.7 Å². The van der Waals surface area contributed by atoms with Gasteiger partial charge in [0.15, 0.2) is 0 Å². The molecule has 6 nitrogen and oxygen atoms in total. The lowest BCUT2D eigenvalue weighted by molar-refractivity contribution is -0.126. The largest absolute Gasteiger partial charge is 0.508 e. The van der Waals surface area contributed by atoms with Crippen molar-refractivity contribution < 1.29 is 19.7 Å². The molecule has 1 saturated heterocycles. The number of aliphatic hydroxyl groups is 1. The predicted molar refractivity (Wildman–Crippen MR) is 110 cm³/mol. The summed E-state index contributed by atoms with van der Waals surface area (Å²) in [4.78, 5) is 15.0. The standard InChI is InChI=1S/C22H36N2O4/c1-3-4-5-6-7-17(2)22(27)23-20(16-24-12-14-28-15-13-24)21(26)18-8-10-19(25)11-9-18/h8-11,17,20-21,25-26H,3-7,12-16H2,1-2H3,(H,23,27). The van der Waals surface area contributed by atoms with Crippen LogP contribution >= 0.6 is 0 Å². The second-order valence-corrected chi connectivity index (χ2v) is 7.81. The number of hydrogen-bond acceptors (Lipinski definition) is 5. The van der Waals surface area contributed by atoms with E-state index in [-0.39, 0.29) is 17.6 Å². The highest BCUT2D eigenvalue weighted by molar-refractivity contribution is 5.78. The summed E-state index contributed by atoms with van der Waals surface area (Å²) < 4.78 is 5.40. The van der Waals surface area contributed by atoms with Crippen LogP contribution in [0.15, 0.2) is 24.3 Å². The van der Waals surface area contributed by atoms with Gasteiger partial charge in [0, 0.05) is 25.6 Å². The molecule has 28 heavy (non-hydrogen) atoms. The summed E-state index contributed by atoms with van der Waals surface area (Å²) in [6.07, 6.45) is 4.62. The van der Waals surface area contributed by atoms with Crippen molar-refractivity contribution in [2.24, 2.45) is 5.92 Å². The Kier molecular flexibility index (Phi) is 9.75. The van der Waals surface area contributed by atoms with E-state index in [4.69, 9.17) is 4.74 Å². The molecule has 2 rings (SSSR count). The summed E-state index contributed by atoms with van der Waals surface area (Å²) in [5, 5.41) is 23.5. The monoisotopic (exact) mass is 392 g/mol. The molecule has 6 heteroatoms. The number of carbonyl (C=O) groups is 1. The fourth-order valence-electron chi connectivity index (χ4n) is 3.52. The van der Waals surface area contributed by atoms with E-state index < -0.39 is 12.1 Å². The second-order valence-electron chi connectivity index (χ2n) is 7.81. The Balaban J connectivity index is 2.00. The molecule has 0 spiro atoms. The molecule has 1 heterocycles. The molecule has 1 fully saturated rings. The van der Waals surface area contributed by atoms with Gasteiger partial charge in [0.2, 0.25) is 5.91 Å². The van der Waals surface area contributed by atoms with Crippen LogP contribution in [0.25, 0.3) is 0 Å². The highest BCUT2D eigenvalue weighted by Crippen LogP contribution is 2.21. The van der Waals surface area contributed by atoms with E-state index in [1.165, 1.54) is 12.8 Å². The van der Waals surface area contributed by atoms with Crippen molar-refractivity contribution in [2.45, 2.75) is 58.1 Å². The van der Waals surface area contributed by atoms with Crippen molar-refractivity contribution in [3.05, 3.63) is 29.8 Å². The van der Waals surface area contributed by atoms with Crippen LogP contribution in [0, 0.1) is 5.92 Å². The molecular weight excluding hydrogens is 356 g/mol. The van der Waals surface area contributed by atoms with Gasteiger partial charge in [0.05, 0.1) is 19.3 Å². The number of unbranched alkanes of at least 4 members (excludes halogenated alkanes) is 3. The number of morpholine rings is 1. The van der Waals surface area contributed by atoms with Gasteiger partial charge < -0.3 is 20.3 Å². The zero-order valence-corrected chi connectivity index (χ0v) is 17.3. The first-order valence-electron chi connectivity index (χ1n) is 10.6. The maximum Gasteiger partial charge on any atom is 0.223 e. The van der Waals surface area contributed by atoms with Crippen LogP contribution in [0.4, 0.5) is 0 Å². The maximum atomic E-state index is 12.7. The van der Waals surface area contributed by atoms with Crippen LogP contribution in [0.5, 0.6) is 5.75 Å². The van der Waals surface area contributed by atoms with Crippen LogP contribution in [0.2, 0.25) is 0 Å². The number of aliphatic hydroxyl groups excluding tert-OH is 1. The SMILES string of the molecule is CCCCCCC(C)C(=O)NC(CN1CCOCC1)C(O)c1ccc(O)cc1. The first kappa shape index (κ1) is 22.7. The number of amides is 1. The summed E-state index contributed by atoms with van der Waals surface area (Å²) in [5.41, 5.74) is 0.687. The summed E-state index contributed by atoms with van der Waals surface area (Å²) in [6, 6.07) is 6.11. The number of carbonyl (C=O) groups excluding carboxylic acids is 1. The fraction of sp³-hybridized carbons (Fsp3) is 0.682. The van der Waals surface area contributed by atoms with E-state index in [1.54, 1.807) is 24.3 Å². The molecule has 0 aromatic heterocycles. The Labute approximate surface area is 168 Å². The zero-order valence-electron chi connectivity index (χ0n) is 17.3. The molecular formula is C22H36N2O4. The molecule has 1 amide bonds. The first-order chi connectivity index (χ1) is 13.5. The van der Waals surface area contributed by atoms with E-state index in [0.717, 1.165) is 32.4 Å². The molecule has 0 bridgehead atoms. The molecule has 1 aliphatic rings. The van der Waals surface area contributed by atoms with E-state index in [9.17, 15) is 15.0 Å². The molecule has 0 aliphatic carbocycles. The van der Waals surface area contributed by atoms with Crippen LogP contribution in [-0.2, 0) is 9.53 Å². The van der Waals surface area contributed by atoms with Crippen molar-refractivity contribution in [2.75, 3.05) is 32.8 Å². The van der Waals surface area contributed by atoms with Gasteiger partial charge in [-0.2, -0.15) is 0 Å². The third-order valence-corrected chi connectivity index (χ3v) is 5.44. The van der Waals surface area contributed by atoms with E-state index in [0.29, 0.717) is 25.3 Å². The number of rotatable bonds is 11. The predicted octanol–water partition coefficient (Wildman–Crippen LogP) is 2.85. The highest BCUT2D eigenvalue weighted by atomic mass is 16.5. The van der Waals surface area contributed by atoms with Gasteiger partial charge in [-0.25, -0.2) is 0 Å². The Bertz CT molecular complexity index is 572. The molecule has 1 aromatic rings. The van der Waals surface area contributed by atoms with Gasteiger partial charge in [-0.05, 0) is 24.1 Å². The smallest absolute Gasteiger partial charge is 0.223 e. The summed E-state index contributed by atoms with van der Waals surface area (Å²) in [6.45, 7) is 7.63. The molecule has 3 unspecified atom stereocenters. The van der Waals surface area contributed by atoms with E-state index >= 15 is 0 Å². The minimum absolute atomic E-state index is 0.00686. The average molecular weight is 393 g/mol. The first-order valence-corrected chi connectivity index (χ1v) is 10.6. The number of nitrogens with zero attached hydrogens (tertiary/aromatic N) is 1. The van der Waals surface area contributed by atoms with Crippen molar-refractivity contribution in [1.29, 1.82) is 0 Å². The van der Waals surface area contributed by atoms with Crippen molar-refractivity contribution in [3.8, 4) is 5.75 Å². The number of phenolic OH excluding ortho intramolecular Hbond substituents is 1. The number of hydrogen-bond donors (Lipinski definition) is 3. The van der Waals surface area contributed by atoms with Gasteiger partial charge in [0.1, 0.15) is 11.9 Å². The zero-order chi connectivity index (χ0) is 20.4. The lowest BCUT2D eigenvalue weighted by atomic mass is 9.98. The van der Waals surface area contributed by atoms with Gasteiger partial charge >= 0.3 is 0 Å². The number of aromatic hydroxyl groups is 1. The third-order valence-electron chi connectivity index (χ3n) is 5.44. The molecule has 3 N–H and O–H groups in total. The molecule has 1 aromatic carbocycles. The Morgan fingerprint density at radius 3 is 2.50 bits per heavy atom. The van der Waals surface area contributed by atoms with Crippen LogP contribution in [0.1, 0.15) is 57.6 Å². The number of benzene rings is 1. The minimum atomic E-state index is -0.834. The maximum absolute atomic E-state index is 12.7. The van der Waals surface area contributed by atoms with Gasteiger partial charge in [-0.3, -0.25) is 9.69 Å². The summed E-state index contributed by atoms with van der Waals surface area (Å²) >= 11 is 0. The number of nitrogens with one attached hydrogen (secondary N) is 1. The van der Waals surface area contributed by atoms with Crippen LogP contribution in [-0.4, -0.2) is 59.9 Å².